The molecule has 0 aromatic heterocycles. The first kappa shape index (κ1) is 13.8. The minimum Gasteiger partial charge on any atom is -0.295 e. The normalized spacial score (nSPS) is 14.4. The van der Waals surface area contributed by atoms with E-state index in [9.17, 15) is 10.1 Å². The van der Waals surface area contributed by atoms with Crippen LogP contribution in [0.3, 0.4) is 0 Å². The summed E-state index contributed by atoms with van der Waals surface area (Å²) in [5.41, 5.74) is 0.802. The minimum absolute atomic E-state index is 0.0600. The maximum atomic E-state index is 10.8. The Morgan fingerprint density at radius 3 is 2.84 bits per heavy atom. The number of nitriles is 1. The van der Waals surface area contributed by atoms with Crippen LogP contribution in [0.25, 0.3) is 0 Å². The smallest absolute Gasteiger partial charge is 0.288 e. The van der Waals surface area contributed by atoms with Crippen LogP contribution < -0.4 is 0 Å². The van der Waals surface area contributed by atoms with Crippen molar-refractivity contribution >= 4 is 17.3 Å². The maximum absolute atomic E-state index is 10.8. The van der Waals surface area contributed by atoms with Gasteiger partial charge in [-0.25, -0.2) is 0 Å². The van der Waals surface area contributed by atoms with Crippen molar-refractivity contribution in [1.29, 1.82) is 5.26 Å². The van der Waals surface area contributed by atoms with E-state index < -0.39 is 4.92 Å². The molecular weight excluding hydrogens is 266 g/mol. The van der Waals surface area contributed by atoms with Gasteiger partial charge in [0.05, 0.1) is 11.0 Å². The molecular formula is C13H14ClN3O2. The van der Waals surface area contributed by atoms with Crippen LogP contribution in [-0.4, -0.2) is 22.4 Å². The molecule has 1 aliphatic rings. The summed E-state index contributed by atoms with van der Waals surface area (Å²) in [6, 6.07) is 7.53. The highest BCUT2D eigenvalue weighted by molar-refractivity contribution is 6.32. The number of nitro benzene ring substituents is 1. The van der Waals surface area contributed by atoms with Crippen molar-refractivity contribution < 1.29 is 4.92 Å². The molecule has 0 saturated heterocycles. The van der Waals surface area contributed by atoms with Crippen molar-refractivity contribution in [3.63, 3.8) is 0 Å². The van der Waals surface area contributed by atoms with Crippen LogP contribution in [0.4, 0.5) is 5.69 Å². The van der Waals surface area contributed by atoms with Gasteiger partial charge in [0.15, 0.2) is 0 Å². The van der Waals surface area contributed by atoms with Crippen LogP contribution in [0.2, 0.25) is 5.02 Å². The molecule has 0 amide bonds. The Bertz CT molecular complexity index is 523. The summed E-state index contributed by atoms with van der Waals surface area (Å²) in [7, 11) is 0. The number of benzene rings is 1. The molecule has 0 radical (unpaired) electrons. The van der Waals surface area contributed by atoms with Crippen LogP contribution in [0, 0.1) is 21.4 Å². The van der Waals surface area contributed by atoms with Crippen molar-refractivity contribution in [1.82, 2.24) is 4.90 Å². The molecule has 19 heavy (non-hydrogen) atoms. The molecule has 0 aliphatic heterocycles. The highest BCUT2D eigenvalue weighted by atomic mass is 35.5. The van der Waals surface area contributed by atoms with Gasteiger partial charge < -0.3 is 0 Å². The van der Waals surface area contributed by atoms with Crippen molar-refractivity contribution in [2.75, 3.05) is 6.54 Å². The number of nitrogens with zero attached hydrogens (tertiary/aromatic N) is 3. The largest absolute Gasteiger partial charge is 0.295 e. The fourth-order valence-corrected chi connectivity index (χ4v) is 2.24. The van der Waals surface area contributed by atoms with Gasteiger partial charge in [0.2, 0.25) is 0 Å². The molecule has 6 heteroatoms. The Morgan fingerprint density at radius 2 is 2.26 bits per heavy atom. The van der Waals surface area contributed by atoms with E-state index in [0.717, 1.165) is 18.4 Å². The van der Waals surface area contributed by atoms with Gasteiger partial charge in [-0.05, 0) is 24.5 Å². The van der Waals surface area contributed by atoms with Gasteiger partial charge in [0.1, 0.15) is 5.02 Å². The standard InChI is InChI=1S/C13H14ClN3O2/c14-12-5-2-10(8-13(12)17(18)19)9-16(7-1-6-15)11-3-4-11/h2,5,8,11H,1,3-4,7,9H2. The predicted molar refractivity (Wildman–Crippen MR) is 71.8 cm³/mol. The molecule has 0 spiro atoms. The Labute approximate surface area is 116 Å². The van der Waals surface area contributed by atoms with Crippen molar-refractivity contribution in [2.45, 2.75) is 31.8 Å². The molecule has 0 unspecified atom stereocenters. The van der Waals surface area contributed by atoms with E-state index in [1.807, 2.05) is 0 Å². The molecule has 100 valence electrons. The molecule has 1 saturated carbocycles. The number of hydrogen-bond donors (Lipinski definition) is 0. The molecule has 1 aromatic carbocycles. The van der Waals surface area contributed by atoms with Crippen molar-refractivity contribution in [2.24, 2.45) is 0 Å². The molecule has 0 heterocycles. The van der Waals surface area contributed by atoms with Crippen LogP contribution in [0.5, 0.6) is 0 Å². The van der Waals surface area contributed by atoms with Gasteiger partial charge >= 0.3 is 0 Å². The van der Waals surface area contributed by atoms with Crippen LogP contribution in [0.15, 0.2) is 18.2 Å². The molecule has 1 aromatic rings. The lowest BCUT2D eigenvalue weighted by molar-refractivity contribution is -0.384. The minimum atomic E-state index is -0.470. The molecule has 0 atom stereocenters. The zero-order valence-electron chi connectivity index (χ0n) is 10.4. The van der Waals surface area contributed by atoms with Gasteiger partial charge in [0, 0.05) is 31.6 Å². The molecule has 0 bridgehead atoms. The summed E-state index contributed by atoms with van der Waals surface area (Å²) in [4.78, 5) is 12.6. The van der Waals surface area contributed by atoms with Gasteiger partial charge in [-0.2, -0.15) is 5.26 Å². The van der Waals surface area contributed by atoms with Gasteiger partial charge in [-0.15, -0.1) is 0 Å². The number of rotatable bonds is 6. The van der Waals surface area contributed by atoms with E-state index in [4.69, 9.17) is 16.9 Å². The van der Waals surface area contributed by atoms with Gasteiger partial charge in [0.25, 0.3) is 5.69 Å². The summed E-state index contributed by atoms with van der Waals surface area (Å²) in [6.45, 7) is 1.34. The number of nitro groups is 1. The summed E-state index contributed by atoms with van der Waals surface area (Å²) in [5.74, 6) is 0. The lowest BCUT2D eigenvalue weighted by Gasteiger charge is -2.20. The van der Waals surface area contributed by atoms with Crippen molar-refractivity contribution in [3.8, 4) is 6.07 Å². The van der Waals surface area contributed by atoms with E-state index in [0.29, 0.717) is 25.6 Å². The average molecular weight is 280 g/mol. The molecule has 5 nitrogen and oxygen atoms in total. The Morgan fingerprint density at radius 1 is 1.53 bits per heavy atom. The average Bonchev–Trinajstić information content (AvgIpc) is 3.20. The first-order chi connectivity index (χ1) is 9.11. The summed E-state index contributed by atoms with van der Waals surface area (Å²) >= 11 is 5.79. The summed E-state index contributed by atoms with van der Waals surface area (Å²) in [6.07, 6.45) is 2.76. The molecule has 1 aliphatic carbocycles. The van der Waals surface area contributed by atoms with E-state index in [-0.39, 0.29) is 10.7 Å². The Hall–Kier alpha value is -1.64. The van der Waals surface area contributed by atoms with E-state index >= 15 is 0 Å². The maximum Gasteiger partial charge on any atom is 0.288 e. The number of halogens is 1. The topological polar surface area (TPSA) is 70.2 Å². The third kappa shape index (κ3) is 3.66. The second-order valence-corrected chi connectivity index (χ2v) is 5.06. The zero-order chi connectivity index (χ0) is 13.8. The Balaban J connectivity index is 2.10. The van der Waals surface area contributed by atoms with Crippen LogP contribution in [0.1, 0.15) is 24.8 Å². The lowest BCUT2D eigenvalue weighted by atomic mass is 10.2. The fraction of sp³-hybridized carbons (Fsp3) is 0.462. The molecule has 2 rings (SSSR count). The number of hydrogen-bond acceptors (Lipinski definition) is 4. The first-order valence-electron chi connectivity index (χ1n) is 6.15. The van der Waals surface area contributed by atoms with Crippen LogP contribution >= 0.6 is 11.6 Å². The van der Waals surface area contributed by atoms with Crippen LogP contribution in [-0.2, 0) is 6.54 Å². The highest BCUT2D eigenvalue weighted by Gasteiger charge is 2.28. The monoisotopic (exact) mass is 279 g/mol. The first-order valence-corrected chi connectivity index (χ1v) is 6.53. The van der Waals surface area contributed by atoms with E-state index in [1.54, 1.807) is 12.1 Å². The van der Waals surface area contributed by atoms with Crippen molar-refractivity contribution in [3.05, 3.63) is 38.9 Å². The fourth-order valence-electron chi connectivity index (χ4n) is 2.06. The van der Waals surface area contributed by atoms with Gasteiger partial charge in [-0.3, -0.25) is 15.0 Å². The predicted octanol–water partition coefficient (Wildman–Crippen LogP) is 3.13. The lowest BCUT2D eigenvalue weighted by Crippen LogP contribution is -2.26. The third-order valence-electron chi connectivity index (χ3n) is 3.17. The Kier molecular flexibility index (Phi) is 4.35. The zero-order valence-corrected chi connectivity index (χ0v) is 11.1. The van der Waals surface area contributed by atoms with E-state index in [1.165, 1.54) is 6.07 Å². The molecule has 0 N–H and O–H groups in total. The molecule has 1 fully saturated rings. The van der Waals surface area contributed by atoms with E-state index in [2.05, 4.69) is 11.0 Å². The summed E-state index contributed by atoms with van der Waals surface area (Å²) in [5, 5.41) is 19.7. The SMILES string of the molecule is N#CCCN(Cc1ccc(Cl)c([N+](=O)[O-])c1)C1CC1. The second kappa shape index (κ2) is 6.00. The highest BCUT2D eigenvalue weighted by Crippen LogP contribution is 2.30. The third-order valence-corrected chi connectivity index (χ3v) is 3.49. The quantitative estimate of drug-likeness (QED) is 0.592. The van der Waals surface area contributed by atoms with Gasteiger partial charge in [-0.1, -0.05) is 17.7 Å². The summed E-state index contributed by atoms with van der Waals surface area (Å²) < 4.78 is 0. The second-order valence-electron chi connectivity index (χ2n) is 4.65.